The van der Waals surface area contributed by atoms with Gasteiger partial charge in [-0.25, -0.2) is 8.42 Å². The van der Waals surface area contributed by atoms with Gasteiger partial charge in [-0.05, 0) is 60.2 Å². The van der Waals surface area contributed by atoms with Crippen LogP contribution >= 0.6 is 23.2 Å². The summed E-state index contributed by atoms with van der Waals surface area (Å²) in [6, 6.07) is 7.96. The topological polar surface area (TPSA) is 141 Å². The first-order valence-corrected chi connectivity index (χ1v) is 16.1. The molecule has 3 aromatic rings. The number of nitrogens with one attached hydrogen (secondary N) is 1. The normalized spacial score (nSPS) is 15.2. The minimum Gasteiger partial charge on any atom is -0.489 e. The molecule has 1 aromatic heterocycles. The molecule has 1 aliphatic heterocycles. The van der Waals surface area contributed by atoms with Gasteiger partial charge >= 0.3 is 12.6 Å². The molecule has 2 aromatic carbocycles. The number of fused-ring (bicyclic) bond motifs is 1. The molecule has 1 atom stereocenters. The van der Waals surface area contributed by atoms with Gasteiger partial charge in [-0.15, -0.1) is 0 Å². The molecule has 0 bridgehead atoms. The molecule has 11 nitrogen and oxygen atoms in total. The molecule has 45 heavy (non-hydrogen) atoms. The third-order valence-corrected chi connectivity index (χ3v) is 8.16. The highest BCUT2D eigenvalue weighted by molar-refractivity contribution is 7.92. The number of ketones is 1. The average molecular weight is 685 g/mol. The van der Waals surface area contributed by atoms with Crippen molar-refractivity contribution >= 4 is 62.3 Å². The van der Waals surface area contributed by atoms with Crippen LogP contribution in [0.25, 0.3) is 0 Å². The van der Waals surface area contributed by atoms with Crippen molar-refractivity contribution in [1.29, 1.82) is 0 Å². The fraction of sp³-hybridized carbons (Fsp3) is 0.310. The number of nitrogens with zero attached hydrogens (tertiary/aromatic N) is 2. The van der Waals surface area contributed by atoms with Gasteiger partial charge in [-0.2, -0.15) is 8.78 Å². The van der Waals surface area contributed by atoms with E-state index in [-0.39, 0.29) is 57.4 Å². The summed E-state index contributed by atoms with van der Waals surface area (Å²) >= 11 is 12.7. The van der Waals surface area contributed by atoms with Crippen molar-refractivity contribution in [3.05, 3.63) is 75.5 Å². The van der Waals surface area contributed by atoms with Crippen LogP contribution in [-0.2, 0) is 30.8 Å². The van der Waals surface area contributed by atoms with Crippen LogP contribution in [0.15, 0.2) is 48.8 Å². The number of halogens is 4. The van der Waals surface area contributed by atoms with Gasteiger partial charge in [-0.3, -0.25) is 29.0 Å². The zero-order valence-corrected chi connectivity index (χ0v) is 25.8. The number of anilines is 2. The molecule has 1 fully saturated rings. The van der Waals surface area contributed by atoms with E-state index in [1.54, 1.807) is 0 Å². The molecule has 1 amide bonds. The number of benzene rings is 2. The summed E-state index contributed by atoms with van der Waals surface area (Å²) in [6.07, 6.45) is 4.33. The number of ether oxygens (including phenoxy) is 3. The zero-order chi connectivity index (χ0) is 32.5. The predicted molar refractivity (Wildman–Crippen MR) is 160 cm³/mol. The Hall–Kier alpha value is -4.01. The molecule has 0 unspecified atom stereocenters. The van der Waals surface area contributed by atoms with E-state index in [2.05, 4.69) is 14.4 Å². The first-order valence-electron chi connectivity index (χ1n) is 13.5. The number of amides is 1. The van der Waals surface area contributed by atoms with E-state index in [0.717, 1.165) is 24.0 Å². The van der Waals surface area contributed by atoms with Crippen LogP contribution in [0, 0.1) is 5.92 Å². The Morgan fingerprint density at radius 1 is 1.09 bits per heavy atom. The zero-order valence-electron chi connectivity index (χ0n) is 23.5. The minimum absolute atomic E-state index is 0.0143. The highest BCUT2D eigenvalue weighted by Gasteiger charge is 2.38. The third-order valence-electron chi connectivity index (χ3n) is 6.90. The van der Waals surface area contributed by atoms with Gasteiger partial charge < -0.3 is 14.2 Å². The third kappa shape index (κ3) is 7.99. The van der Waals surface area contributed by atoms with Gasteiger partial charge in [0, 0.05) is 24.5 Å². The van der Waals surface area contributed by atoms with Gasteiger partial charge in [0.25, 0.3) is 11.7 Å². The summed E-state index contributed by atoms with van der Waals surface area (Å²) in [6.45, 7) is -3.51. The van der Waals surface area contributed by atoms with E-state index in [1.807, 2.05) is 0 Å². The highest BCUT2D eigenvalue weighted by Crippen LogP contribution is 2.38. The second-order valence-electron chi connectivity index (χ2n) is 10.4. The van der Waals surface area contributed by atoms with E-state index in [1.165, 1.54) is 48.8 Å². The largest absolute Gasteiger partial charge is 0.489 e. The number of alkyl halides is 2. The number of sulfonamides is 1. The SMILES string of the molecule is CS(=O)(=O)Nc1ccc2c(c1)C(=O)C(=O)N2CC(=O)O[C@@H](Cc1c(Cl)cncc1Cl)c1ccc(OC(F)F)c(OCC2CC2)c1. The summed E-state index contributed by atoms with van der Waals surface area (Å²) < 4.78 is 67.8. The molecule has 1 aliphatic carbocycles. The standard InChI is InChI=1S/C29H25Cl2F2N3O8S/c1-45(40,41)35-17-5-6-22-19(9-17)27(38)28(39)36(22)13-26(37)43-24(10-18-20(30)11-34-12-21(18)31)16-4-7-23(44-29(32)33)25(8-16)42-14-15-2-3-15/h4-9,11-12,15,24,29,35H,2-3,10,13-14H2,1H3/t24-/m0/s1. The van der Waals surface area contributed by atoms with Gasteiger partial charge in [0.15, 0.2) is 11.5 Å². The van der Waals surface area contributed by atoms with Crippen LogP contribution in [0.3, 0.4) is 0 Å². The maximum Gasteiger partial charge on any atom is 0.387 e. The lowest BCUT2D eigenvalue weighted by molar-refractivity contribution is -0.148. The van der Waals surface area contributed by atoms with E-state index in [0.29, 0.717) is 11.1 Å². The van der Waals surface area contributed by atoms with Gasteiger partial charge in [0.1, 0.15) is 12.6 Å². The second-order valence-corrected chi connectivity index (χ2v) is 13.0. The monoisotopic (exact) mass is 683 g/mol. The Labute approximate surface area is 266 Å². The van der Waals surface area contributed by atoms with Crippen LogP contribution in [0.5, 0.6) is 11.5 Å². The lowest BCUT2D eigenvalue weighted by Gasteiger charge is -2.23. The molecular weight excluding hydrogens is 659 g/mol. The Bertz CT molecular complexity index is 1750. The number of aromatic nitrogens is 1. The van der Waals surface area contributed by atoms with Crippen molar-refractivity contribution in [2.45, 2.75) is 32.0 Å². The Kier molecular flexibility index (Phi) is 9.46. The van der Waals surface area contributed by atoms with Crippen LogP contribution in [0.1, 0.15) is 40.4 Å². The number of carbonyl (C=O) groups excluding carboxylic acids is 3. The van der Waals surface area contributed by atoms with E-state index >= 15 is 0 Å². The summed E-state index contributed by atoms with van der Waals surface area (Å²) in [5.41, 5.74) is 0.748. The van der Waals surface area contributed by atoms with Crippen molar-refractivity contribution in [3.63, 3.8) is 0 Å². The van der Waals surface area contributed by atoms with Gasteiger partial charge in [-0.1, -0.05) is 29.3 Å². The maximum atomic E-state index is 13.3. The van der Waals surface area contributed by atoms with E-state index in [9.17, 15) is 31.6 Å². The van der Waals surface area contributed by atoms with Crippen molar-refractivity contribution in [2.24, 2.45) is 5.92 Å². The number of pyridine rings is 1. The summed E-state index contributed by atoms with van der Waals surface area (Å²) in [4.78, 5) is 43.7. The number of carbonyl (C=O) groups is 3. The Balaban J connectivity index is 1.43. The number of hydrogen-bond acceptors (Lipinski definition) is 9. The second kappa shape index (κ2) is 13.2. The van der Waals surface area contributed by atoms with Crippen LogP contribution < -0.4 is 19.1 Å². The lowest BCUT2D eigenvalue weighted by atomic mass is 10.0. The molecule has 2 aliphatic rings. The summed E-state index contributed by atoms with van der Waals surface area (Å²) in [7, 11) is -3.66. The molecule has 0 saturated heterocycles. The fourth-order valence-electron chi connectivity index (χ4n) is 4.63. The lowest BCUT2D eigenvalue weighted by Crippen LogP contribution is -2.36. The van der Waals surface area contributed by atoms with Crippen molar-refractivity contribution in [2.75, 3.05) is 29.0 Å². The van der Waals surface area contributed by atoms with E-state index < -0.39 is 46.9 Å². The fourth-order valence-corrected chi connectivity index (χ4v) is 5.70. The molecule has 0 spiro atoms. The summed E-state index contributed by atoms with van der Waals surface area (Å²) in [5.74, 6) is -2.78. The maximum absolute atomic E-state index is 13.3. The average Bonchev–Trinajstić information content (AvgIpc) is 3.76. The van der Waals surface area contributed by atoms with Crippen LogP contribution in [0.2, 0.25) is 10.0 Å². The van der Waals surface area contributed by atoms with Crippen molar-refractivity contribution < 1.29 is 45.8 Å². The molecule has 16 heteroatoms. The quantitative estimate of drug-likeness (QED) is 0.190. The van der Waals surface area contributed by atoms with Gasteiger partial charge in [0.2, 0.25) is 10.0 Å². The van der Waals surface area contributed by atoms with E-state index in [4.69, 9.17) is 32.7 Å². The Morgan fingerprint density at radius 2 is 1.80 bits per heavy atom. The molecule has 0 radical (unpaired) electrons. The molecule has 2 heterocycles. The van der Waals surface area contributed by atoms with Gasteiger partial charge in [0.05, 0.1) is 34.2 Å². The predicted octanol–water partition coefficient (Wildman–Crippen LogP) is 5.21. The van der Waals surface area contributed by atoms with Crippen molar-refractivity contribution in [1.82, 2.24) is 4.98 Å². The molecule has 1 N–H and O–H groups in total. The molecule has 238 valence electrons. The number of esters is 1. The van der Waals surface area contributed by atoms with Crippen LogP contribution in [-0.4, -0.2) is 57.1 Å². The number of rotatable bonds is 13. The molecule has 1 saturated carbocycles. The van der Waals surface area contributed by atoms with Crippen LogP contribution in [0.4, 0.5) is 20.2 Å². The Morgan fingerprint density at radius 3 is 2.44 bits per heavy atom. The first kappa shape index (κ1) is 32.4. The smallest absolute Gasteiger partial charge is 0.387 e. The first-order chi connectivity index (χ1) is 21.3. The van der Waals surface area contributed by atoms with Crippen molar-refractivity contribution in [3.8, 4) is 11.5 Å². The summed E-state index contributed by atoms with van der Waals surface area (Å²) in [5, 5.41) is 0.360. The minimum atomic E-state index is -3.66. The molecular formula is C29H25Cl2F2N3O8S. The number of hydrogen-bond donors (Lipinski definition) is 1. The highest BCUT2D eigenvalue weighted by atomic mass is 35.5. The number of Topliss-reactive ketones (excluding diaryl/α,β-unsaturated/α-hetero) is 1. The molecule has 5 rings (SSSR count).